The Morgan fingerprint density at radius 1 is 1.46 bits per heavy atom. The first kappa shape index (κ1) is 16.6. The zero-order valence-electron chi connectivity index (χ0n) is 14.1. The topological polar surface area (TPSA) is 72.3 Å². The molecule has 0 bridgehead atoms. The largest absolute Gasteiger partial charge is 0.370 e. The van der Waals surface area contributed by atoms with Crippen LogP contribution in [0.3, 0.4) is 0 Å². The van der Waals surface area contributed by atoms with Gasteiger partial charge < -0.3 is 15.0 Å². The predicted molar refractivity (Wildman–Crippen MR) is 89.5 cm³/mol. The molecule has 24 heavy (non-hydrogen) atoms. The van der Waals surface area contributed by atoms with Crippen LogP contribution in [0.4, 0.5) is 0 Å². The summed E-state index contributed by atoms with van der Waals surface area (Å²) < 4.78 is 7.70. The monoisotopic (exact) mass is 329 g/mol. The van der Waals surface area contributed by atoms with Gasteiger partial charge in [-0.25, -0.2) is 0 Å². The fourth-order valence-electron chi connectivity index (χ4n) is 2.78. The average Bonchev–Trinajstić information content (AvgIpc) is 2.96. The second-order valence-corrected chi connectivity index (χ2v) is 6.21. The molecule has 1 atom stereocenters. The highest BCUT2D eigenvalue weighted by molar-refractivity contribution is 5.77. The summed E-state index contributed by atoms with van der Waals surface area (Å²) in [5, 5.41) is 7.57. The summed E-state index contributed by atoms with van der Waals surface area (Å²) in [5.74, 6) is -0.0105. The lowest BCUT2D eigenvalue weighted by Gasteiger charge is -2.22. The minimum absolute atomic E-state index is 0.0105. The lowest BCUT2D eigenvalue weighted by Crippen LogP contribution is -2.37. The Hall–Kier alpha value is -2.25. The van der Waals surface area contributed by atoms with Crippen molar-refractivity contribution in [3.8, 4) is 0 Å². The van der Waals surface area contributed by atoms with Crippen LogP contribution in [0.5, 0.6) is 0 Å². The number of rotatable bonds is 6. The molecule has 1 unspecified atom stereocenters. The molecule has 7 nitrogen and oxygen atoms in total. The molecule has 128 valence electrons. The summed E-state index contributed by atoms with van der Waals surface area (Å²) >= 11 is 0. The van der Waals surface area contributed by atoms with Gasteiger partial charge in [0, 0.05) is 18.9 Å². The Bertz CT molecular complexity index is 684. The molecule has 0 saturated heterocycles. The molecular weight excluding hydrogens is 306 g/mol. The van der Waals surface area contributed by atoms with E-state index in [9.17, 15) is 4.79 Å². The van der Waals surface area contributed by atoms with Crippen molar-refractivity contribution in [3.05, 3.63) is 47.5 Å². The van der Waals surface area contributed by atoms with Crippen LogP contribution in [0.15, 0.2) is 30.6 Å². The molecule has 1 N–H and O–H groups in total. The quantitative estimate of drug-likeness (QED) is 0.841. The minimum Gasteiger partial charge on any atom is -0.370 e. The Labute approximate surface area is 141 Å². The Morgan fingerprint density at radius 3 is 3.08 bits per heavy atom. The first-order chi connectivity index (χ1) is 11.6. The van der Waals surface area contributed by atoms with Gasteiger partial charge in [0.25, 0.3) is 0 Å². The van der Waals surface area contributed by atoms with Crippen LogP contribution in [0.2, 0.25) is 0 Å². The molecular formula is C17H23N5O2. The number of fused-ring (bicyclic) bond motifs is 1. The van der Waals surface area contributed by atoms with Gasteiger partial charge >= 0.3 is 0 Å². The minimum atomic E-state index is -0.190. The maximum Gasteiger partial charge on any atom is 0.234 e. The van der Waals surface area contributed by atoms with Crippen molar-refractivity contribution in [3.63, 3.8) is 0 Å². The number of hydrogen-bond acceptors (Lipinski definition) is 5. The summed E-state index contributed by atoms with van der Waals surface area (Å²) in [6.07, 6.45) is 4.50. The highest BCUT2D eigenvalue weighted by atomic mass is 16.5. The number of nitrogens with zero attached hydrogens (tertiary/aromatic N) is 4. The lowest BCUT2D eigenvalue weighted by atomic mass is 10.1. The Morgan fingerprint density at radius 2 is 2.33 bits per heavy atom. The van der Waals surface area contributed by atoms with Crippen molar-refractivity contribution in [2.24, 2.45) is 0 Å². The van der Waals surface area contributed by atoms with Gasteiger partial charge in [0.1, 0.15) is 6.10 Å². The van der Waals surface area contributed by atoms with Gasteiger partial charge in [0.15, 0.2) is 0 Å². The van der Waals surface area contributed by atoms with Gasteiger partial charge in [0.2, 0.25) is 5.91 Å². The van der Waals surface area contributed by atoms with Crippen LogP contribution in [0.25, 0.3) is 0 Å². The van der Waals surface area contributed by atoms with Gasteiger partial charge in [0.05, 0.1) is 31.1 Å². The van der Waals surface area contributed by atoms with E-state index in [4.69, 9.17) is 4.74 Å². The van der Waals surface area contributed by atoms with Gasteiger partial charge in [-0.3, -0.25) is 14.5 Å². The van der Waals surface area contributed by atoms with Crippen molar-refractivity contribution < 1.29 is 9.53 Å². The third-order valence-electron chi connectivity index (χ3n) is 3.86. The molecule has 0 radical (unpaired) electrons. The van der Waals surface area contributed by atoms with E-state index in [0.29, 0.717) is 26.2 Å². The van der Waals surface area contributed by atoms with E-state index >= 15 is 0 Å². The Balaban J connectivity index is 1.65. The zero-order chi connectivity index (χ0) is 16.9. The van der Waals surface area contributed by atoms with E-state index < -0.39 is 0 Å². The number of aromatic nitrogens is 3. The average molecular weight is 329 g/mol. The van der Waals surface area contributed by atoms with E-state index in [1.54, 1.807) is 6.20 Å². The number of pyridine rings is 1. The number of likely N-dealkylation sites (N-methyl/N-ethyl adjacent to an activating group) is 1. The number of nitrogens with one attached hydrogen (secondary N) is 1. The van der Waals surface area contributed by atoms with Crippen molar-refractivity contribution in [1.29, 1.82) is 0 Å². The first-order valence-corrected chi connectivity index (χ1v) is 8.11. The van der Waals surface area contributed by atoms with Crippen LogP contribution in [-0.4, -0.2) is 59.4 Å². The van der Waals surface area contributed by atoms with E-state index in [-0.39, 0.29) is 12.0 Å². The second kappa shape index (κ2) is 7.55. The third kappa shape index (κ3) is 4.18. The molecule has 0 saturated carbocycles. The summed E-state index contributed by atoms with van der Waals surface area (Å²) in [7, 11) is 3.74. The van der Waals surface area contributed by atoms with Crippen LogP contribution in [0.1, 0.15) is 23.1 Å². The second-order valence-electron chi connectivity index (χ2n) is 6.21. The Kier molecular flexibility index (Phi) is 5.22. The maximum absolute atomic E-state index is 11.8. The summed E-state index contributed by atoms with van der Waals surface area (Å²) in [6, 6.07) is 5.85. The number of ether oxygens (including phenoxy) is 1. The summed E-state index contributed by atoms with van der Waals surface area (Å²) in [5.41, 5.74) is 3.07. The molecule has 1 aliphatic rings. The lowest BCUT2D eigenvalue weighted by molar-refractivity contribution is -0.122. The molecule has 3 rings (SSSR count). The predicted octanol–water partition coefficient (Wildman–Crippen LogP) is 0.618. The molecule has 1 amide bonds. The third-order valence-corrected chi connectivity index (χ3v) is 3.86. The van der Waals surface area contributed by atoms with E-state index in [1.807, 2.05) is 41.9 Å². The number of hydrogen-bond donors (Lipinski definition) is 1. The summed E-state index contributed by atoms with van der Waals surface area (Å²) in [6.45, 7) is 2.10. The molecule has 2 aromatic heterocycles. The molecule has 0 fully saturated rings. The van der Waals surface area contributed by atoms with Crippen LogP contribution in [-0.2, 0) is 22.5 Å². The maximum atomic E-state index is 11.8. The van der Waals surface area contributed by atoms with Crippen LogP contribution >= 0.6 is 0 Å². The standard InChI is InChI=1S/C17H23N5O2/c1-21(2)12-16(23)19-9-15-17-13(6-8-24-15)10-22(20-17)11-14-5-3-4-7-18-14/h3-5,7,10,15H,6,8-9,11-12H2,1-2H3,(H,19,23). The SMILES string of the molecule is CN(C)CC(=O)NCC1OCCc2cn(Cc3ccccn3)nc21. The fourth-order valence-corrected chi connectivity index (χ4v) is 2.78. The number of amides is 1. The van der Waals surface area contributed by atoms with Crippen molar-refractivity contribution in [2.75, 3.05) is 33.8 Å². The molecule has 0 aliphatic carbocycles. The fraction of sp³-hybridized carbons (Fsp3) is 0.471. The van der Waals surface area contributed by atoms with Gasteiger partial charge in [-0.15, -0.1) is 0 Å². The molecule has 0 spiro atoms. The van der Waals surface area contributed by atoms with Crippen LogP contribution < -0.4 is 5.32 Å². The van der Waals surface area contributed by atoms with Crippen molar-refractivity contribution in [2.45, 2.75) is 19.1 Å². The van der Waals surface area contributed by atoms with E-state index in [0.717, 1.165) is 17.8 Å². The molecule has 3 heterocycles. The highest BCUT2D eigenvalue weighted by Crippen LogP contribution is 2.25. The van der Waals surface area contributed by atoms with Crippen LogP contribution in [0, 0.1) is 0 Å². The van der Waals surface area contributed by atoms with Crippen molar-refractivity contribution in [1.82, 2.24) is 25.0 Å². The molecule has 1 aliphatic heterocycles. The van der Waals surface area contributed by atoms with E-state index in [2.05, 4.69) is 21.6 Å². The van der Waals surface area contributed by atoms with Gasteiger partial charge in [-0.05, 0) is 38.2 Å². The first-order valence-electron chi connectivity index (χ1n) is 8.11. The van der Waals surface area contributed by atoms with Gasteiger partial charge in [-0.1, -0.05) is 6.07 Å². The molecule has 2 aromatic rings. The number of carbonyl (C=O) groups excluding carboxylic acids is 1. The summed E-state index contributed by atoms with van der Waals surface area (Å²) in [4.78, 5) is 18.0. The number of carbonyl (C=O) groups is 1. The smallest absolute Gasteiger partial charge is 0.234 e. The molecule has 7 heteroatoms. The van der Waals surface area contributed by atoms with E-state index in [1.165, 1.54) is 5.56 Å². The van der Waals surface area contributed by atoms with Crippen molar-refractivity contribution >= 4 is 5.91 Å². The normalized spacial score (nSPS) is 16.9. The molecule has 0 aromatic carbocycles. The highest BCUT2D eigenvalue weighted by Gasteiger charge is 2.25. The van der Waals surface area contributed by atoms with Gasteiger partial charge in [-0.2, -0.15) is 5.10 Å². The zero-order valence-corrected chi connectivity index (χ0v) is 14.1.